The summed E-state index contributed by atoms with van der Waals surface area (Å²) in [6, 6.07) is 13.6. The highest BCUT2D eigenvalue weighted by atomic mass is 35.5. The molecule has 4 heteroatoms. The molecule has 0 unspecified atom stereocenters. The number of aromatic nitrogens is 1. The lowest BCUT2D eigenvalue weighted by Crippen LogP contribution is -2.03. The summed E-state index contributed by atoms with van der Waals surface area (Å²) in [6.45, 7) is 3.08. The Morgan fingerprint density at radius 2 is 1.91 bits per heavy atom. The molecule has 3 rings (SSSR count). The monoisotopic (exact) mass is 344 g/mol. The van der Waals surface area contributed by atoms with E-state index in [-0.39, 0.29) is 0 Å². The van der Waals surface area contributed by atoms with Crippen LogP contribution in [-0.4, -0.2) is 11.5 Å². The zero-order valence-corrected chi connectivity index (χ0v) is 14.5. The molecule has 0 amide bonds. The maximum atomic E-state index is 6.45. The predicted molar refractivity (Wildman–Crippen MR) is 101 cm³/mol. The summed E-state index contributed by atoms with van der Waals surface area (Å²) in [7, 11) is 0. The number of halogens is 2. The molecule has 0 aliphatic carbocycles. The zero-order valence-electron chi connectivity index (χ0n) is 12.9. The van der Waals surface area contributed by atoms with Crippen LogP contribution in [0.1, 0.15) is 19.8 Å². The number of unbranched alkanes of at least 4 members (excludes halogenated alkanes) is 1. The van der Waals surface area contributed by atoms with Crippen LogP contribution < -0.4 is 5.32 Å². The Bertz CT molecular complexity index is 831. The summed E-state index contributed by atoms with van der Waals surface area (Å²) in [4.78, 5) is 4.55. The van der Waals surface area contributed by atoms with Crippen LogP contribution in [0.15, 0.2) is 48.7 Å². The molecular formula is C19H18Cl2N2. The SMILES string of the molecule is CCCCNc1cnc2ccc(Cl)cc2c1-c1ccccc1Cl. The lowest BCUT2D eigenvalue weighted by Gasteiger charge is -2.16. The van der Waals surface area contributed by atoms with Crippen molar-refractivity contribution >= 4 is 39.8 Å². The molecule has 1 N–H and O–H groups in total. The molecule has 0 saturated heterocycles. The van der Waals surface area contributed by atoms with Crippen LogP contribution in [0, 0.1) is 0 Å². The minimum Gasteiger partial charge on any atom is -0.383 e. The molecule has 0 aliphatic rings. The molecule has 1 aromatic heterocycles. The van der Waals surface area contributed by atoms with Gasteiger partial charge in [0.15, 0.2) is 0 Å². The molecule has 2 aromatic carbocycles. The average Bonchev–Trinajstić information content (AvgIpc) is 2.55. The van der Waals surface area contributed by atoms with Gasteiger partial charge in [0.05, 0.1) is 17.4 Å². The van der Waals surface area contributed by atoms with Crippen LogP contribution in [0.3, 0.4) is 0 Å². The minimum absolute atomic E-state index is 0.693. The van der Waals surface area contributed by atoms with Gasteiger partial charge < -0.3 is 5.32 Å². The minimum atomic E-state index is 0.693. The second kappa shape index (κ2) is 7.20. The second-order valence-electron chi connectivity index (χ2n) is 5.47. The summed E-state index contributed by atoms with van der Waals surface area (Å²) in [5, 5.41) is 5.91. The average molecular weight is 345 g/mol. The van der Waals surface area contributed by atoms with Crippen molar-refractivity contribution in [3.05, 3.63) is 58.7 Å². The third-order valence-electron chi connectivity index (χ3n) is 3.82. The normalized spacial score (nSPS) is 10.9. The Kier molecular flexibility index (Phi) is 5.04. The van der Waals surface area contributed by atoms with E-state index in [0.29, 0.717) is 5.02 Å². The smallest absolute Gasteiger partial charge is 0.0710 e. The topological polar surface area (TPSA) is 24.9 Å². The van der Waals surface area contributed by atoms with E-state index >= 15 is 0 Å². The van der Waals surface area contributed by atoms with Crippen molar-refractivity contribution in [3.63, 3.8) is 0 Å². The number of nitrogens with one attached hydrogen (secondary N) is 1. The van der Waals surface area contributed by atoms with Crippen molar-refractivity contribution in [1.82, 2.24) is 4.98 Å². The number of hydrogen-bond donors (Lipinski definition) is 1. The van der Waals surface area contributed by atoms with Crippen LogP contribution in [-0.2, 0) is 0 Å². The van der Waals surface area contributed by atoms with Gasteiger partial charge in [-0.3, -0.25) is 4.98 Å². The highest BCUT2D eigenvalue weighted by Crippen LogP contribution is 2.39. The number of pyridine rings is 1. The highest BCUT2D eigenvalue weighted by Gasteiger charge is 2.14. The Balaban J connectivity index is 2.22. The van der Waals surface area contributed by atoms with Crippen LogP contribution in [0.2, 0.25) is 10.0 Å². The van der Waals surface area contributed by atoms with Crippen molar-refractivity contribution in [3.8, 4) is 11.1 Å². The number of benzene rings is 2. The predicted octanol–water partition coefficient (Wildman–Crippen LogP) is 6.42. The highest BCUT2D eigenvalue weighted by molar-refractivity contribution is 6.34. The fourth-order valence-corrected chi connectivity index (χ4v) is 3.06. The molecule has 1 heterocycles. The Morgan fingerprint density at radius 3 is 2.70 bits per heavy atom. The standard InChI is InChI=1S/C19H18Cl2N2/c1-2-3-10-22-18-12-23-17-9-8-13(20)11-15(17)19(18)14-6-4-5-7-16(14)21/h4-9,11-12,22H,2-3,10H2,1H3. The van der Waals surface area contributed by atoms with Gasteiger partial charge in [-0.25, -0.2) is 0 Å². The van der Waals surface area contributed by atoms with Crippen LogP contribution in [0.4, 0.5) is 5.69 Å². The lowest BCUT2D eigenvalue weighted by molar-refractivity contribution is 0.834. The van der Waals surface area contributed by atoms with E-state index in [9.17, 15) is 0 Å². The van der Waals surface area contributed by atoms with Gasteiger partial charge in [-0.15, -0.1) is 0 Å². The number of hydrogen-bond acceptors (Lipinski definition) is 2. The van der Waals surface area contributed by atoms with Gasteiger partial charge in [0.2, 0.25) is 0 Å². The molecule has 118 valence electrons. The third kappa shape index (κ3) is 3.44. The Hall–Kier alpha value is -1.77. The molecule has 0 bridgehead atoms. The molecule has 0 aliphatic heterocycles. The first kappa shape index (κ1) is 16.1. The fraction of sp³-hybridized carbons (Fsp3) is 0.211. The van der Waals surface area contributed by atoms with Crippen molar-refractivity contribution in [2.24, 2.45) is 0 Å². The summed E-state index contributed by atoms with van der Waals surface area (Å²) in [5.74, 6) is 0. The van der Waals surface area contributed by atoms with E-state index < -0.39 is 0 Å². The first-order valence-electron chi connectivity index (χ1n) is 7.77. The van der Waals surface area contributed by atoms with Crippen molar-refractivity contribution < 1.29 is 0 Å². The third-order valence-corrected chi connectivity index (χ3v) is 4.38. The summed E-state index contributed by atoms with van der Waals surface area (Å²) in [5.41, 5.74) is 3.94. The summed E-state index contributed by atoms with van der Waals surface area (Å²) < 4.78 is 0. The second-order valence-corrected chi connectivity index (χ2v) is 6.31. The number of fused-ring (bicyclic) bond motifs is 1. The maximum absolute atomic E-state index is 6.45. The van der Waals surface area contributed by atoms with Gasteiger partial charge in [-0.2, -0.15) is 0 Å². The van der Waals surface area contributed by atoms with E-state index in [4.69, 9.17) is 23.2 Å². The van der Waals surface area contributed by atoms with E-state index in [1.807, 2.05) is 48.7 Å². The molecule has 0 fully saturated rings. The van der Waals surface area contributed by atoms with E-state index in [1.165, 1.54) is 0 Å². The fourth-order valence-electron chi connectivity index (χ4n) is 2.65. The molecule has 2 nitrogen and oxygen atoms in total. The first-order chi connectivity index (χ1) is 11.2. The molecule has 23 heavy (non-hydrogen) atoms. The molecule has 0 saturated carbocycles. The van der Waals surface area contributed by atoms with Gasteiger partial charge in [0.1, 0.15) is 0 Å². The number of rotatable bonds is 5. The first-order valence-corrected chi connectivity index (χ1v) is 8.53. The molecule has 0 atom stereocenters. The quantitative estimate of drug-likeness (QED) is 0.540. The molecule has 3 aromatic rings. The Morgan fingerprint density at radius 1 is 1.09 bits per heavy atom. The summed E-state index contributed by atoms with van der Waals surface area (Å²) >= 11 is 12.7. The number of nitrogens with zero attached hydrogens (tertiary/aromatic N) is 1. The van der Waals surface area contributed by atoms with Crippen molar-refractivity contribution in [2.45, 2.75) is 19.8 Å². The largest absolute Gasteiger partial charge is 0.383 e. The lowest BCUT2D eigenvalue weighted by atomic mass is 9.99. The molecule has 0 radical (unpaired) electrons. The van der Waals surface area contributed by atoms with Gasteiger partial charge >= 0.3 is 0 Å². The Labute approximate surface area is 146 Å². The maximum Gasteiger partial charge on any atom is 0.0710 e. The van der Waals surface area contributed by atoms with Gasteiger partial charge in [0.25, 0.3) is 0 Å². The van der Waals surface area contributed by atoms with Crippen LogP contribution in [0.5, 0.6) is 0 Å². The van der Waals surface area contributed by atoms with Crippen molar-refractivity contribution in [2.75, 3.05) is 11.9 Å². The van der Waals surface area contributed by atoms with Crippen molar-refractivity contribution in [1.29, 1.82) is 0 Å². The molecular weight excluding hydrogens is 327 g/mol. The zero-order chi connectivity index (χ0) is 16.2. The van der Waals surface area contributed by atoms with E-state index in [0.717, 1.165) is 52.1 Å². The summed E-state index contributed by atoms with van der Waals surface area (Å²) in [6.07, 6.45) is 4.13. The van der Waals surface area contributed by atoms with Gasteiger partial charge in [-0.1, -0.05) is 54.7 Å². The molecule has 0 spiro atoms. The van der Waals surface area contributed by atoms with Gasteiger partial charge in [-0.05, 0) is 30.7 Å². The van der Waals surface area contributed by atoms with E-state index in [2.05, 4.69) is 17.2 Å². The van der Waals surface area contributed by atoms with E-state index in [1.54, 1.807) is 0 Å². The van der Waals surface area contributed by atoms with Crippen LogP contribution in [0.25, 0.3) is 22.0 Å². The van der Waals surface area contributed by atoms with Gasteiger partial charge in [0, 0.05) is 33.1 Å². The van der Waals surface area contributed by atoms with Crippen LogP contribution >= 0.6 is 23.2 Å². The number of anilines is 1.